The molecule has 0 fully saturated rings. The molecule has 0 saturated heterocycles. The van der Waals surface area contributed by atoms with Crippen molar-refractivity contribution in [3.8, 4) is 0 Å². The summed E-state index contributed by atoms with van der Waals surface area (Å²) in [5.41, 5.74) is 1.05. The van der Waals surface area contributed by atoms with Crippen LogP contribution in [0.15, 0.2) is 65.7 Å². The van der Waals surface area contributed by atoms with E-state index in [0.717, 1.165) is 0 Å². The molecule has 2 aromatic rings. The summed E-state index contributed by atoms with van der Waals surface area (Å²) in [6.07, 6.45) is 0. The Morgan fingerprint density at radius 2 is 1.43 bits per heavy atom. The molecule has 21 heavy (non-hydrogen) atoms. The van der Waals surface area contributed by atoms with Gasteiger partial charge in [-0.15, -0.1) is 0 Å². The molecule has 5 heteroatoms. The number of benzene rings is 2. The molecule has 0 aliphatic heterocycles. The number of amides is 2. The van der Waals surface area contributed by atoms with Crippen LogP contribution in [0.4, 0.5) is 0 Å². The molecule has 1 N–H and O–H groups in total. The van der Waals surface area contributed by atoms with E-state index in [0.29, 0.717) is 15.9 Å². The van der Waals surface area contributed by atoms with Crippen molar-refractivity contribution in [3.63, 3.8) is 0 Å². The van der Waals surface area contributed by atoms with Gasteiger partial charge in [0.15, 0.2) is 0 Å². The molecule has 4 nitrogen and oxygen atoms in total. The van der Waals surface area contributed by atoms with E-state index >= 15 is 0 Å². The third-order valence-electron chi connectivity index (χ3n) is 2.67. The van der Waals surface area contributed by atoms with Crippen LogP contribution in [0.1, 0.15) is 20.7 Å². The van der Waals surface area contributed by atoms with Gasteiger partial charge in [0.2, 0.25) is 0 Å². The molecule has 0 unspecified atom stereocenters. The van der Waals surface area contributed by atoms with Crippen molar-refractivity contribution >= 4 is 31.5 Å². The van der Waals surface area contributed by atoms with E-state index in [9.17, 15) is 9.59 Å². The van der Waals surface area contributed by atoms with Crippen molar-refractivity contribution in [2.45, 2.75) is 5.82 Å². The van der Waals surface area contributed by atoms with Crippen LogP contribution >= 0.6 is 0 Å². The first kappa shape index (κ1) is 15.2. The number of rotatable bonds is 3. The first-order chi connectivity index (χ1) is 10.2. The summed E-state index contributed by atoms with van der Waals surface area (Å²) in [6.45, 7) is 0. The van der Waals surface area contributed by atoms with E-state index in [2.05, 4.69) is 10.3 Å². The zero-order chi connectivity index (χ0) is 15.1. The van der Waals surface area contributed by atoms with Gasteiger partial charge in [-0.1, -0.05) is 0 Å². The Morgan fingerprint density at radius 1 is 0.905 bits per heavy atom. The van der Waals surface area contributed by atoms with Gasteiger partial charge in [0.25, 0.3) is 0 Å². The molecule has 0 aromatic heterocycles. The van der Waals surface area contributed by atoms with Gasteiger partial charge in [0, 0.05) is 0 Å². The fourth-order valence-corrected chi connectivity index (χ4v) is 2.40. The molecule has 2 rings (SSSR count). The number of nitrogens with zero attached hydrogens (tertiary/aromatic N) is 1. The molecule has 0 heterocycles. The van der Waals surface area contributed by atoms with E-state index in [4.69, 9.17) is 0 Å². The molecule has 0 bridgehead atoms. The van der Waals surface area contributed by atoms with Gasteiger partial charge in [-0.25, -0.2) is 0 Å². The first-order valence-electron chi connectivity index (χ1n) is 6.29. The molecule has 0 aliphatic carbocycles. The van der Waals surface area contributed by atoms with E-state index in [1.807, 2.05) is 18.0 Å². The van der Waals surface area contributed by atoms with Gasteiger partial charge < -0.3 is 0 Å². The predicted molar refractivity (Wildman–Crippen MR) is 83.7 cm³/mol. The maximum atomic E-state index is 12.0. The zero-order valence-electron chi connectivity index (χ0n) is 11.4. The molecule has 2 aromatic carbocycles. The number of amidine groups is 1. The summed E-state index contributed by atoms with van der Waals surface area (Å²) in [6, 6.07) is 17.6. The van der Waals surface area contributed by atoms with Crippen LogP contribution < -0.4 is 5.32 Å². The third-order valence-corrected chi connectivity index (χ3v) is 3.89. The Balaban J connectivity index is 2.11. The summed E-state index contributed by atoms with van der Waals surface area (Å²) in [4.78, 5) is 28.0. The van der Waals surface area contributed by atoms with Crippen LogP contribution in [0.25, 0.3) is 0 Å². The Bertz CT molecular complexity index is 654. The zero-order valence-corrected chi connectivity index (χ0v) is 13.2. The number of carbonyl (C=O) groups is 2. The number of carbonyl (C=O) groups excluding carboxylic acids is 2. The Labute approximate surface area is 129 Å². The summed E-state index contributed by atoms with van der Waals surface area (Å²) in [7, 11) is 0. The average Bonchev–Trinajstić information content (AvgIpc) is 2.55. The Hall–Kier alpha value is -2.23. The van der Waals surface area contributed by atoms with Crippen molar-refractivity contribution in [1.82, 2.24) is 5.32 Å². The van der Waals surface area contributed by atoms with Gasteiger partial charge in [0.05, 0.1) is 0 Å². The van der Waals surface area contributed by atoms with Gasteiger partial charge >= 0.3 is 129 Å². The maximum absolute atomic E-state index is 12.0. The molecular formula is C16H14N2O2Se. The van der Waals surface area contributed by atoms with Gasteiger partial charge in [-0.05, 0) is 0 Å². The minimum atomic E-state index is -0.345. The normalized spacial score (nSPS) is 11.0. The first-order valence-corrected chi connectivity index (χ1v) is 8.86. The van der Waals surface area contributed by atoms with Crippen LogP contribution in [-0.4, -0.2) is 31.5 Å². The average molecular weight is 345 g/mol. The van der Waals surface area contributed by atoms with Crippen molar-refractivity contribution < 1.29 is 9.59 Å². The van der Waals surface area contributed by atoms with Crippen molar-refractivity contribution in [3.05, 3.63) is 71.8 Å². The second-order valence-electron chi connectivity index (χ2n) is 4.11. The third kappa shape index (κ3) is 4.38. The fraction of sp³-hybridized carbons (Fsp3) is 0.0625. The SMILES string of the molecule is C[Se]C(=NC(=O)c1ccccc1)NC(=O)c1ccccc1. The second-order valence-corrected chi connectivity index (χ2v) is 5.78. The Morgan fingerprint density at radius 3 is 1.95 bits per heavy atom. The molecule has 0 atom stereocenters. The monoisotopic (exact) mass is 346 g/mol. The standard InChI is InChI=1S/C16H14N2O2Se/c1-21-16(17-14(19)12-8-4-2-5-9-12)18-15(20)13-10-6-3-7-11-13/h2-11H,1H3,(H,17,18,19,20). The molecule has 106 valence electrons. The molecular weight excluding hydrogens is 331 g/mol. The molecule has 0 radical (unpaired) electrons. The van der Waals surface area contributed by atoms with Crippen LogP contribution in [0.3, 0.4) is 0 Å². The predicted octanol–water partition coefficient (Wildman–Crippen LogP) is 2.37. The number of aliphatic imine (C=N–C) groups is 1. The second kappa shape index (κ2) is 7.52. The molecule has 0 spiro atoms. The van der Waals surface area contributed by atoms with E-state index < -0.39 is 0 Å². The topological polar surface area (TPSA) is 58.5 Å². The number of hydrogen-bond donors (Lipinski definition) is 1. The number of hydrogen-bond acceptors (Lipinski definition) is 2. The van der Waals surface area contributed by atoms with Crippen LogP contribution in [0, 0.1) is 0 Å². The molecule has 0 saturated carbocycles. The molecule has 0 aliphatic rings. The summed E-state index contributed by atoms with van der Waals surface area (Å²) >= 11 is -0.0884. The quantitative estimate of drug-likeness (QED) is 0.527. The number of nitrogens with one attached hydrogen (secondary N) is 1. The summed E-state index contributed by atoms with van der Waals surface area (Å²) < 4.78 is 0.421. The van der Waals surface area contributed by atoms with Crippen LogP contribution in [-0.2, 0) is 0 Å². The summed E-state index contributed by atoms with van der Waals surface area (Å²) in [5.74, 6) is 1.30. The van der Waals surface area contributed by atoms with Crippen molar-refractivity contribution in [2.75, 3.05) is 0 Å². The van der Waals surface area contributed by atoms with Crippen LogP contribution in [0.5, 0.6) is 0 Å². The van der Waals surface area contributed by atoms with E-state index in [1.165, 1.54) is 0 Å². The van der Waals surface area contributed by atoms with Crippen molar-refractivity contribution in [2.24, 2.45) is 4.99 Å². The minimum absolute atomic E-state index is 0.0884. The summed E-state index contributed by atoms with van der Waals surface area (Å²) in [5, 5.41) is 2.70. The van der Waals surface area contributed by atoms with Gasteiger partial charge in [-0.2, -0.15) is 0 Å². The van der Waals surface area contributed by atoms with Crippen molar-refractivity contribution in [1.29, 1.82) is 0 Å². The van der Waals surface area contributed by atoms with Gasteiger partial charge in [-0.3, -0.25) is 0 Å². The fourth-order valence-electron chi connectivity index (χ4n) is 1.62. The van der Waals surface area contributed by atoms with E-state index in [1.54, 1.807) is 48.5 Å². The van der Waals surface area contributed by atoms with Crippen LogP contribution in [0.2, 0.25) is 5.82 Å². The Kier molecular flexibility index (Phi) is 5.43. The van der Waals surface area contributed by atoms with Gasteiger partial charge in [0.1, 0.15) is 0 Å². The van der Waals surface area contributed by atoms with E-state index in [-0.39, 0.29) is 26.8 Å². The molecule has 2 amide bonds.